The van der Waals surface area contributed by atoms with E-state index in [1.807, 2.05) is 18.2 Å². The van der Waals surface area contributed by atoms with Crippen LogP contribution in [0.5, 0.6) is 0 Å². The Labute approximate surface area is 162 Å². The topological polar surface area (TPSA) is 91.8 Å². The van der Waals surface area contributed by atoms with Crippen molar-refractivity contribution in [1.82, 2.24) is 19.9 Å². The van der Waals surface area contributed by atoms with Gasteiger partial charge in [-0.1, -0.05) is 18.2 Å². The summed E-state index contributed by atoms with van der Waals surface area (Å²) in [5.41, 5.74) is 2.69. The Morgan fingerprint density at radius 3 is 2.71 bits per heavy atom. The number of anilines is 1. The van der Waals surface area contributed by atoms with E-state index in [0.717, 1.165) is 24.9 Å². The third kappa shape index (κ3) is 3.55. The zero-order valence-corrected chi connectivity index (χ0v) is 15.7. The fourth-order valence-electron chi connectivity index (χ4n) is 3.54. The molecule has 1 aliphatic heterocycles. The van der Waals surface area contributed by atoms with Gasteiger partial charge in [0.15, 0.2) is 11.6 Å². The number of benzene rings is 1. The summed E-state index contributed by atoms with van der Waals surface area (Å²) in [7, 11) is 0. The minimum Gasteiger partial charge on any atom is -0.312 e. The van der Waals surface area contributed by atoms with Gasteiger partial charge in [-0.25, -0.2) is 15.0 Å². The van der Waals surface area contributed by atoms with Gasteiger partial charge in [0.2, 0.25) is 5.91 Å². The van der Waals surface area contributed by atoms with Gasteiger partial charge in [0.25, 0.3) is 5.56 Å². The van der Waals surface area contributed by atoms with Crippen LogP contribution in [0.15, 0.2) is 47.5 Å². The molecule has 0 atom stereocenters. The van der Waals surface area contributed by atoms with E-state index in [1.165, 1.54) is 5.56 Å². The fourth-order valence-corrected chi connectivity index (χ4v) is 3.54. The van der Waals surface area contributed by atoms with Crippen LogP contribution in [-0.2, 0) is 17.6 Å². The molecule has 7 heteroatoms. The molecule has 0 radical (unpaired) electrons. The highest BCUT2D eigenvalue weighted by atomic mass is 16.2. The quantitative estimate of drug-likeness (QED) is 0.759. The Hall–Kier alpha value is -3.35. The molecule has 7 nitrogen and oxygen atoms in total. The van der Waals surface area contributed by atoms with Crippen LogP contribution in [0.1, 0.15) is 29.7 Å². The van der Waals surface area contributed by atoms with Gasteiger partial charge in [-0.2, -0.15) is 0 Å². The number of hydrogen-bond acceptors (Lipinski definition) is 5. The number of aromatic nitrogens is 4. The van der Waals surface area contributed by atoms with Gasteiger partial charge in [-0.05, 0) is 43.9 Å². The maximum atomic E-state index is 13.1. The van der Waals surface area contributed by atoms with Crippen molar-refractivity contribution >= 4 is 11.6 Å². The second kappa shape index (κ2) is 7.72. The van der Waals surface area contributed by atoms with E-state index in [0.29, 0.717) is 29.5 Å². The number of amides is 1. The maximum absolute atomic E-state index is 13.1. The predicted octanol–water partition coefficient (Wildman–Crippen LogP) is 2.45. The highest BCUT2D eigenvalue weighted by molar-refractivity contribution is 5.95. The molecule has 2 aromatic heterocycles. The predicted molar refractivity (Wildman–Crippen MR) is 106 cm³/mol. The van der Waals surface area contributed by atoms with E-state index in [1.54, 1.807) is 30.3 Å². The minimum absolute atomic E-state index is 0.0123. The molecular weight excluding hydrogens is 354 g/mol. The first-order chi connectivity index (χ1) is 13.6. The van der Waals surface area contributed by atoms with Crippen LogP contribution in [0.2, 0.25) is 0 Å². The molecule has 3 heterocycles. The lowest BCUT2D eigenvalue weighted by atomic mass is 10.1. The van der Waals surface area contributed by atoms with Gasteiger partial charge in [0.1, 0.15) is 0 Å². The van der Waals surface area contributed by atoms with Gasteiger partial charge in [0, 0.05) is 35.9 Å². The Bertz CT molecular complexity index is 1060. The number of nitrogens with zero attached hydrogens (tertiary/aromatic N) is 4. The van der Waals surface area contributed by atoms with Crippen molar-refractivity contribution in [2.75, 3.05) is 11.4 Å². The van der Waals surface area contributed by atoms with Crippen LogP contribution in [0.4, 0.5) is 5.69 Å². The van der Waals surface area contributed by atoms with Crippen LogP contribution >= 0.6 is 0 Å². The number of aryl methyl sites for hydroxylation is 2. The fraction of sp³-hybridized carbons (Fsp3) is 0.286. The normalized spacial score (nSPS) is 13.7. The molecule has 0 saturated heterocycles. The summed E-state index contributed by atoms with van der Waals surface area (Å²) in [6.07, 6.45) is 6.15. The molecular formula is C21H21N5O2. The monoisotopic (exact) mass is 375 g/mol. The summed E-state index contributed by atoms with van der Waals surface area (Å²) >= 11 is 0. The lowest BCUT2D eigenvalue weighted by molar-refractivity contribution is -0.118. The van der Waals surface area contributed by atoms with Crippen molar-refractivity contribution in [1.29, 1.82) is 0 Å². The Morgan fingerprint density at radius 2 is 1.93 bits per heavy atom. The molecule has 0 saturated carbocycles. The van der Waals surface area contributed by atoms with Crippen molar-refractivity contribution in [3.63, 3.8) is 0 Å². The summed E-state index contributed by atoms with van der Waals surface area (Å²) < 4.78 is 0. The third-order valence-electron chi connectivity index (χ3n) is 4.99. The molecule has 0 aliphatic carbocycles. The van der Waals surface area contributed by atoms with E-state index in [4.69, 9.17) is 0 Å². The molecule has 0 unspecified atom stereocenters. The lowest BCUT2D eigenvalue weighted by Gasteiger charge is -2.23. The zero-order chi connectivity index (χ0) is 19.5. The average Bonchev–Trinajstić information content (AvgIpc) is 2.94. The molecule has 0 fully saturated rings. The molecule has 1 aromatic carbocycles. The molecule has 1 N–H and O–H groups in total. The average molecular weight is 375 g/mol. The molecule has 1 aliphatic rings. The molecule has 0 spiro atoms. The van der Waals surface area contributed by atoms with Gasteiger partial charge in [-0.3, -0.25) is 9.59 Å². The largest absolute Gasteiger partial charge is 0.312 e. The second-order valence-corrected chi connectivity index (χ2v) is 6.86. The van der Waals surface area contributed by atoms with Crippen molar-refractivity contribution in [3.8, 4) is 11.6 Å². The Balaban J connectivity index is 1.63. The highest BCUT2D eigenvalue weighted by Crippen LogP contribution is 2.26. The zero-order valence-electron chi connectivity index (χ0n) is 15.7. The molecule has 4 rings (SSSR count). The number of carbonyl (C=O) groups excluding carboxylic acids is 1. The molecule has 1 amide bonds. The SMILES string of the molecule is Cc1nc(-c2ncccn2)[nH]c(=O)c1CC(=O)N1CCCCc2ccccc21. The van der Waals surface area contributed by atoms with Crippen molar-refractivity contribution in [2.24, 2.45) is 0 Å². The number of hydrogen-bond donors (Lipinski definition) is 1. The van der Waals surface area contributed by atoms with Crippen LogP contribution in [0.3, 0.4) is 0 Å². The van der Waals surface area contributed by atoms with Crippen LogP contribution < -0.4 is 10.5 Å². The lowest BCUT2D eigenvalue weighted by Crippen LogP contribution is -2.35. The van der Waals surface area contributed by atoms with Crippen molar-refractivity contribution < 1.29 is 4.79 Å². The Morgan fingerprint density at radius 1 is 1.14 bits per heavy atom. The number of H-pyrrole nitrogens is 1. The summed E-state index contributed by atoms with van der Waals surface area (Å²) in [4.78, 5) is 42.9. The molecule has 0 bridgehead atoms. The van der Waals surface area contributed by atoms with E-state index < -0.39 is 0 Å². The standard InChI is InChI=1S/C21H21N5O2/c1-14-16(21(28)25-20(24-14)19-22-10-6-11-23-19)13-18(27)26-12-5-4-8-15-7-2-3-9-17(15)26/h2-3,6-7,9-11H,4-5,8,12-13H2,1H3,(H,24,25,28). The number of aromatic amines is 1. The van der Waals surface area contributed by atoms with E-state index >= 15 is 0 Å². The van der Waals surface area contributed by atoms with E-state index in [9.17, 15) is 9.59 Å². The van der Waals surface area contributed by atoms with E-state index in [-0.39, 0.29) is 17.9 Å². The van der Waals surface area contributed by atoms with E-state index in [2.05, 4.69) is 26.0 Å². The van der Waals surface area contributed by atoms with Gasteiger partial charge < -0.3 is 9.88 Å². The summed E-state index contributed by atoms with van der Waals surface area (Å²) in [6, 6.07) is 9.67. The highest BCUT2D eigenvalue weighted by Gasteiger charge is 2.23. The number of rotatable bonds is 3. The smallest absolute Gasteiger partial charge is 0.255 e. The van der Waals surface area contributed by atoms with Crippen LogP contribution in [-0.4, -0.2) is 32.4 Å². The number of nitrogens with one attached hydrogen (secondary N) is 1. The minimum atomic E-state index is -0.327. The Kier molecular flexibility index (Phi) is 4.97. The molecule has 3 aromatic rings. The van der Waals surface area contributed by atoms with Gasteiger partial charge >= 0.3 is 0 Å². The first-order valence-electron chi connectivity index (χ1n) is 9.39. The summed E-state index contributed by atoms with van der Waals surface area (Å²) in [6.45, 7) is 2.40. The molecule has 142 valence electrons. The van der Waals surface area contributed by atoms with Crippen molar-refractivity contribution in [3.05, 3.63) is 69.9 Å². The third-order valence-corrected chi connectivity index (χ3v) is 4.99. The maximum Gasteiger partial charge on any atom is 0.255 e. The number of carbonyl (C=O) groups is 1. The van der Waals surface area contributed by atoms with Crippen molar-refractivity contribution in [2.45, 2.75) is 32.6 Å². The number of fused-ring (bicyclic) bond motifs is 1. The first kappa shape index (κ1) is 18.0. The number of para-hydroxylation sites is 1. The molecule has 28 heavy (non-hydrogen) atoms. The van der Waals surface area contributed by atoms with Crippen LogP contribution in [0, 0.1) is 6.92 Å². The summed E-state index contributed by atoms with van der Waals surface area (Å²) in [5.74, 6) is 0.565. The first-order valence-corrected chi connectivity index (χ1v) is 9.39. The summed E-state index contributed by atoms with van der Waals surface area (Å²) in [5, 5.41) is 0. The van der Waals surface area contributed by atoms with Gasteiger partial charge in [-0.15, -0.1) is 0 Å². The van der Waals surface area contributed by atoms with Crippen LogP contribution in [0.25, 0.3) is 11.6 Å². The van der Waals surface area contributed by atoms with Gasteiger partial charge in [0.05, 0.1) is 6.42 Å². The second-order valence-electron chi connectivity index (χ2n) is 6.86.